The van der Waals surface area contributed by atoms with Gasteiger partial charge in [-0.2, -0.15) is 0 Å². The number of likely N-dealkylation sites (tertiary alicyclic amines) is 1. The number of halogens is 2. The van der Waals surface area contributed by atoms with E-state index >= 15 is 0 Å². The van der Waals surface area contributed by atoms with Crippen LogP contribution in [-0.2, 0) is 4.79 Å². The maximum atomic E-state index is 12.0. The van der Waals surface area contributed by atoms with E-state index in [0.29, 0.717) is 17.3 Å². The van der Waals surface area contributed by atoms with E-state index in [1.807, 2.05) is 0 Å². The van der Waals surface area contributed by atoms with Gasteiger partial charge in [0.05, 0.1) is 17.7 Å². The molecule has 1 aromatic rings. The van der Waals surface area contributed by atoms with Crippen LogP contribution in [-0.4, -0.2) is 41.7 Å². The standard InChI is InChI=1S/C13H15BrClNO3/c14-9-3-4-12(11(15)6-9)19-8-13(18)16-5-1-2-10(16)7-17/h3-4,6,10,17H,1-2,5,7-8H2/t10-/m0/s1. The second-order valence-corrected chi connectivity index (χ2v) is 5.75. The van der Waals surface area contributed by atoms with Crippen LogP contribution >= 0.6 is 27.5 Å². The largest absolute Gasteiger partial charge is 0.482 e. The number of carbonyl (C=O) groups is 1. The first-order valence-corrected chi connectivity index (χ1v) is 7.27. The Hall–Kier alpha value is -0.780. The Morgan fingerprint density at radius 2 is 2.37 bits per heavy atom. The third-order valence-electron chi connectivity index (χ3n) is 3.15. The number of amides is 1. The molecule has 1 fully saturated rings. The number of hydrogen-bond donors (Lipinski definition) is 1. The predicted octanol–water partition coefficient (Wildman–Crippen LogP) is 2.46. The molecule has 1 N–H and O–H groups in total. The summed E-state index contributed by atoms with van der Waals surface area (Å²) in [7, 11) is 0. The van der Waals surface area contributed by atoms with Crippen molar-refractivity contribution in [3.63, 3.8) is 0 Å². The van der Waals surface area contributed by atoms with Gasteiger partial charge in [0.2, 0.25) is 0 Å². The Labute approximate surface area is 125 Å². The molecule has 1 atom stereocenters. The van der Waals surface area contributed by atoms with Gasteiger partial charge in [-0.25, -0.2) is 0 Å². The number of ether oxygens (including phenoxy) is 1. The van der Waals surface area contributed by atoms with E-state index in [4.69, 9.17) is 16.3 Å². The van der Waals surface area contributed by atoms with E-state index < -0.39 is 0 Å². The fourth-order valence-electron chi connectivity index (χ4n) is 2.17. The lowest BCUT2D eigenvalue weighted by Crippen LogP contribution is -2.40. The van der Waals surface area contributed by atoms with Crippen LogP contribution in [0.15, 0.2) is 22.7 Å². The van der Waals surface area contributed by atoms with Crippen molar-refractivity contribution in [2.45, 2.75) is 18.9 Å². The molecular formula is C13H15BrClNO3. The normalized spacial score (nSPS) is 18.7. The van der Waals surface area contributed by atoms with Gasteiger partial charge in [0.25, 0.3) is 5.91 Å². The van der Waals surface area contributed by atoms with Gasteiger partial charge in [-0.05, 0) is 31.0 Å². The molecule has 1 heterocycles. The van der Waals surface area contributed by atoms with Crippen LogP contribution in [0.25, 0.3) is 0 Å². The van der Waals surface area contributed by atoms with E-state index in [1.165, 1.54) is 0 Å². The second kappa shape index (κ2) is 6.59. The van der Waals surface area contributed by atoms with E-state index in [0.717, 1.165) is 17.3 Å². The summed E-state index contributed by atoms with van der Waals surface area (Å²) in [5, 5.41) is 9.64. The number of nitrogens with zero attached hydrogens (tertiary/aromatic N) is 1. The third-order valence-corrected chi connectivity index (χ3v) is 3.94. The molecular weight excluding hydrogens is 334 g/mol. The highest BCUT2D eigenvalue weighted by Gasteiger charge is 2.28. The van der Waals surface area contributed by atoms with Gasteiger partial charge >= 0.3 is 0 Å². The van der Waals surface area contributed by atoms with Crippen molar-refractivity contribution < 1.29 is 14.6 Å². The summed E-state index contributed by atoms with van der Waals surface area (Å²) in [6.07, 6.45) is 1.78. The SMILES string of the molecule is O=C(COc1ccc(Br)cc1Cl)N1CCC[C@H]1CO. The van der Waals surface area contributed by atoms with Crippen molar-refractivity contribution in [2.24, 2.45) is 0 Å². The zero-order valence-electron chi connectivity index (χ0n) is 10.3. The summed E-state index contributed by atoms with van der Waals surface area (Å²) in [5.41, 5.74) is 0. The van der Waals surface area contributed by atoms with Crippen molar-refractivity contribution in [3.05, 3.63) is 27.7 Å². The summed E-state index contributed by atoms with van der Waals surface area (Å²) in [4.78, 5) is 13.7. The topological polar surface area (TPSA) is 49.8 Å². The summed E-state index contributed by atoms with van der Waals surface area (Å²) in [6, 6.07) is 5.16. The van der Waals surface area contributed by atoms with Crippen LogP contribution < -0.4 is 4.74 Å². The summed E-state index contributed by atoms with van der Waals surface area (Å²) in [6.45, 7) is 0.629. The number of hydrogen-bond acceptors (Lipinski definition) is 3. The molecule has 0 bridgehead atoms. The van der Waals surface area contributed by atoms with Crippen molar-refractivity contribution in [2.75, 3.05) is 19.8 Å². The fraction of sp³-hybridized carbons (Fsp3) is 0.462. The van der Waals surface area contributed by atoms with E-state index in [-0.39, 0.29) is 25.2 Å². The Bertz CT molecular complexity index is 469. The highest BCUT2D eigenvalue weighted by atomic mass is 79.9. The van der Waals surface area contributed by atoms with E-state index in [2.05, 4.69) is 15.9 Å². The van der Waals surface area contributed by atoms with Crippen LogP contribution in [0.4, 0.5) is 0 Å². The first kappa shape index (κ1) is 14.6. The molecule has 1 aliphatic rings. The average Bonchev–Trinajstić information content (AvgIpc) is 2.85. The highest BCUT2D eigenvalue weighted by molar-refractivity contribution is 9.10. The lowest BCUT2D eigenvalue weighted by atomic mass is 10.2. The molecule has 104 valence electrons. The molecule has 0 radical (unpaired) electrons. The first-order valence-electron chi connectivity index (χ1n) is 6.10. The highest BCUT2D eigenvalue weighted by Crippen LogP contribution is 2.28. The lowest BCUT2D eigenvalue weighted by molar-refractivity contribution is -0.134. The number of aliphatic hydroxyl groups is 1. The molecule has 1 aromatic carbocycles. The number of benzene rings is 1. The maximum absolute atomic E-state index is 12.0. The minimum Gasteiger partial charge on any atom is -0.482 e. The second-order valence-electron chi connectivity index (χ2n) is 4.43. The van der Waals surface area contributed by atoms with Crippen LogP contribution in [0.3, 0.4) is 0 Å². The van der Waals surface area contributed by atoms with Crippen molar-refractivity contribution in [3.8, 4) is 5.75 Å². The van der Waals surface area contributed by atoms with Gasteiger partial charge in [-0.3, -0.25) is 4.79 Å². The van der Waals surface area contributed by atoms with Gasteiger partial charge in [0.1, 0.15) is 5.75 Å². The third kappa shape index (κ3) is 3.61. The zero-order chi connectivity index (χ0) is 13.8. The van der Waals surface area contributed by atoms with E-state index in [1.54, 1.807) is 23.1 Å². The smallest absolute Gasteiger partial charge is 0.260 e. The molecule has 2 rings (SSSR count). The monoisotopic (exact) mass is 347 g/mol. The molecule has 0 aromatic heterocycles. The zero-order valence-corrected chi connectivity index (χ0v) is 12.7. The van der Waals surface area contributed by atoms with Crippen molar-refractivity contribution in [1.82, 2.24) is 4.90 Å². The van der Waals surface area contributed by atoms with E-state index in [9.17, 15) is 9.90 Å². The summed E-state index contributed by atoms with van der Waals surface area (Å²) < 4.78 is 6.29. The van der Waals surface area contributed by atoms with Gasteiger partial charge in [-0.15, -0.1) is 0 Å². The molecule has 0 saturated carbocycles. The Morgan fingerprint density at radius 3 is 3.05 bits per heavy atom. The van der Waals surface area contributed by atoms with Crippen LogP contribution in [0, 0.1) is 0 Å². The van der Waals surface area contributed by atoms with Gasteiger partial charge < -0.3 is 14.7 Å². The van der Waals surface area contributed by atoms with Gasteiger partial charge in [0.15, 0.2) is 6.61 Å². The molecule has 4 nitrogen and oxygen atoms in total. The molecule has 1 saturated heterocycles. The van der Waals surface area contributed by atoms with Crippen LogP contribution in [0.5, 0.6) is 5.75 Å². The Morgan fingerprint density at radius 1 is 1.58 bits per heavy atom. The van der Waals surface area contributed by atoms with Crippen molar-refractivity contribution in [1.29, 1.82) is 0 Å². The fourth-order valence-corrected chi connectivity index (χ4v) is 2.90. The van der Waals surface area contributed by atoms with Gasteiger partial charge in [-0.1, -0.05) is 27.5 Å². The average molecular weight is 349 g/mol. The minimum absolute atomic E-state index is 0.00474. The van der Waals surface area contributed by atoms with Crippen LogP contribution in [0.2, 0.25) is 5.02 Å². The number of rotatable bonds is 4. The quantitative estimate of drug-likeness (QED) is 0.909. The summed E-state index contributed by atoms with van der Waals surface area (Å²) in [5.74, 6) is 0.369. The Balaban J connectivity index is 1.93. The molecule has 6 heteroatoms. The minimum atomic E-state index is -0.115. The molecule has 0 unspecified atom stereocenters. The molecule has 19 heavy (non-hydrogen) atoms. The molecule has 1 amide bonds. The predicted molar refractivity (Wildman–Crippen MR) is 76.5 cm³/mol. The Kier molecular flexibility index (Phi) is 5.07. The lowest BCUT2D eigenvalue weighted by Gasteiger charge is -2.23. The van der Waals surface area contributed by atoms with Crippen LogP contribution in [0.1, 0.15) is 12.8 Å². The van der Waals surface area contributed by atoms with Gasteiger partial charge in [0, 0.05) is 11.0 Å². The molecule has 1 aliphatic heterocycles. The summed E-state index contributed by atoms with van der Waals surface area (Å²) >= 11 is 9.31. The molecule has 0 aliphatic carbocycles. The number of carbonyl (C=O) groups excluding carboxylic acids is 1. The maximum Gasteiger partial charge on any atom is 0.260 e. The number of aliphatic hydroxyl groups excluding tert-OH is 1. The van der Waals surface area contributed by atoms with Crippen molar-refractivity contribution >= 4 is 33.4 Å². The molecule has 0 spiro atoms. The first-order chi connectivity index (χ1) is 9.11.